The van der Waals surface area contributed by atoms with Gasteiger partial charge in [-0.15, -0.1) is 0 Å². The molecule has 0 radical (unpaired) electrons. The third-order valence-electron chi connectivity index (χ3n) is 4.82. The summed E-state index contributed by atoms with van der Waals surface area (Å²) in [6.45, 7) is 8.98. The molecule has 0 saturated heterocycles. The summed E-state index contributed by atoms with van der Waals surface area (Å²) in [7, 11) is 0. The van der Waals surface area contributed by atoms with Crippen molar-refractivity contribution in [3.63, 3.8) is 0 Å². The molecule has 7 nitrogen and oxygen atoms in total. The second-order valence-electron chi connectivity index (χ2n) is 7.68. The van der Waals surface area contributed by atoms with Gasteiger partial charge < -0.3 is 9.64 Å². The third kappa shape index (κ3) is 6.45. The van der Waals surface area contributed by atoms with Gasteiger partial charge in [0.05, 0.1) is 18.2 Å². The van der Waals surface area contributed by atoms with Crippen LogP contribution in [0.1, 0.15) is 43.6 Å². The second-order valence-corrected chi connectivity index (χ2v) is 7.68. The predicted molar refractivity (Wildman–Crippen MR) is 115 cm³/mol. The molecule has 0 spiro atoms. The smallest absolute Gasteiger partial charge is 0.306 e. The van der Waals surface area contributed by atoms with Gasteiger partial charge >= 0.3 is 5.97 Å². The first-order valence-corrected chi connectivity index (χ1v) is 10.2. The summed E-state index contributed by atoms with van der Waals surface area (Å²) < 4.78 is 7.20. The van der Waals surface area contributed by atoms with Gasteiger partial charge in [0.15, 0.2) is 6.61 Å². The summed E-state index contributed by atoms with van der Waals surface area (Å²) in [6.07, 6.45) is 0.916. The van der Waals surface area contributed by atoms with E-state index in [1.54, 1.807) is 12.1 Å². The number of aryl methyl sites for hydroxylation is 1. The molecule has 0 aliphatic carbocycles. The van der Waals surface area contributed by atoms with Crippen molar-refractivity contribution in [1.82, 2.24) is 9.78 Å². The monoisotopic (exact) mass is 410 g/mol. The first kappa shape index (κ1) is 23.1. The van der Waals surface area contributed by atoms with Gasteiger partial charge in [0.25, 0.3) is 5.91 Å². The summed E-state index contributed by atoms with van der Waals surface area (Å²) in [4.78, 5) is 26.3. The summed E-state index contributed by atoms with van der Waals surface area (Å²) >= 11 is 0. The number of hydrogen-bond acceptors (Lipinski definition) is 5. The topological polar surface area (TPSA) is 88.2 Å². The molecule has 0 bridgehead atoms. The lowest BCUT2D eigenvalue weighted by Gasteiger charge is -2.21. The van der Waals surface area contributed by atoms with E-state index >= 15 is 0 Å². The Balaban J connectivity index is 1.91. The van der Waals surface area contributed by atoms with Gasteiger partial charge in [-0.3, -0.25) is 14.3 Å². The lowest BCUT2D eigenvalue weighted by molar-refractivity contribution is -0.147. The Labute approximate surface area is 178 Å². The van der Waals surface area contributed by atoms with E-state index in [-0.39, 0.29) is 31.9 Å². The van der Waals surface area contributed by atoms with Crippen LogP contribution in [0.25, 0.3) is 0 Å². The Morgan fingerprint density at radius 2 is 1.93 bits per heavy atom. The lowest BCUT2D eigenvalue weighted by Crippen LogP contribution is -2.35. The molecule has 0 saturated carbocycles. The van der Waals surface area contributed by atoms with E-state index in [1.165, 1.54) is 4.90 Å². The van der Waals surface area contributed by atoms with Crippen molar-refractivity contribution in [3.8, 4) is 6.07 Å². The van der Waals surface area contributed by atoms with E-state index < -0.39 is 5.97 Å². The molecule has 1 heterocycles. The number of carbonyl (C=O) groups is 2. The molecule has 0 unspecified atom stereocenters. The Hall–Kier alpha value is -3.14. The highest BCUT2D eigenvalue weighted by atomic mass is 16.5. The summed E-state index contributed by atoms with van der Waals surface area (Å²) in [5, 5.41) is 13.4. The van der Waals surface area contributed by atoms with Crippen molar-refractivity contribution in [2.45, 2.75) is 53.5 Å². The van der Waals surface area contributed by atoms with Gasteiger partial charge in [-0.05, 0) is 43.9 Å². The Kier molecular flexibility index (Phi) is 8.60. The van der Waals surface area contributed by atoms with E-state index in [4.69, 9.17) is 10.00 Å². The predicted octanol–water partition coefficient (Wildman–Crippen LogP) is 3.58. The molecule has 0 aliphatic rings. The summed E-state index contributed by atoms with van der Waals surface area (Å²) in [5.41, 5.74) is 3.72. The fourth-order valence-corrected chi connectivity index (χ4v) is 3.31. The normalized spacial score (nSPS) is 10.7. The second kappa shape index (κ2) is 11.1. The van der Waals surface area contributed by atoms with Crippen molar-refractivity contribution in [1.29, 1.82) is 5.26 Å². The number of anilines is 1. The van der Waals surface area contributed by atoms with Crippen LogP contribution in [0.15, 0.2) is 30.3 Å². The molecule has 2 aromatic rings. The van der Waals surface area contributed by atoms with Crippen LogP contribution in [-0.4, -0.2) is 34.8 Å². The number of hydrogen-bond donors (Lipinski definition) is 0. The molecular formula is C23H30N4O3. The van der Waals surface area contributed by atoms with Gasteiger partial charge in [-0.2, -0.15) is 10.4 Å². The standard InChI is InChI=1S/C23H30N4O3/c1-17(2)15-27-19(4)21(18(3)25-27)11-12-23(29)30-16-22(28)26(14-8-13-24)20-9-6-5-7-10-20/h5-7,9-10,17H,8,11-12,14-16H2,1-4H3. The molecule has 2 rings (SSSR count). The fourth-order valence-electron chi connectivity index (χ4n) is 3.31. The highest BCUT2D eigenvalue weighted by molar-refractivity contribution is 5.95. The molecule has 0 fully saturated rings. The molecule has 7 heteroatoms. The maximum absolute atomic E-state index is 12.6. The molecule has 1 amide bonds. The molecule has 30 heavy (non-hydrogen) atoms. The first-order chi connectivity index (χ1) is 14.3. The van der Waals surface area contributed by atoms with Gasteiger partial charge in [0, 0.05) is 30.9 Å². The van der Waals surface area contributed by atoms with Crippen LogP contribution in [0.5, 0.6) is 0 Å². The van der Waals surface area contributed by atoms with Crippen LogP contribution in [0.2, 0.25) is 0 Å². The largest absolute Gasteiger partial charge is 0.456 e. The number of nitrogens with zero attached hydrogens (tertiary/aromatic N) is 4. The Morgan fingerprint density at radius 1 is 1.23 bits per heavy atom. The number of amides is 1. The third-order valence-corrected chi connectivity index (χ3v) is 4.82. The van der Waals surface area contributed by atoms with Crippen molar-refractivity contribution >= 4 is 17.6 Å². The number of carbonyl (C=O) groups excluding carboxylic acids is 2. The maximum atomic E-state index is 12.6. The number of aromatic nitrogens is 2. The van der Waals surface area contributed by atoms with Gasteiger partial charge in [0.2, 0.25) is 0 Å². The fraction of sp³-hybridized carbons (Fsp3) is 0.478. The number of para-hydroxylation sites is 1. The lowest BCUT2D eigenvalue weighted by atomic mass is 10.1. The molecule has 0 aliphatic heterocycles. The SMILES string of the molecule is Cc1nn(CC(C)C)c(C)c1CCC(=O)OCC(=O)N(CCC#N)c1ccccc1. The zero-order valence-corrected chi connectivity index (χ0v) is 18.2. The van der Waals surface area contributed by atoms with E-state index in [9.17, 15) is 9.59 Å². The molecule has 0 N–H and O–H groups in total. The molecule has 160 valence electrons. The van der Waals surface area contributed by atoms with E-state index in [1.807, 2.05) is 42.8 Å². The first-order valence-electron chi connectivity index (χ1n) is 10.2. The van der Waals surface area contributed by atoms with Crippen molar-refractivity contribution < 1.29 is 14.3 Å². The van der Waals surface area contributed by atoms with E-state index in [0.717, 1.165) is 23.5 Å². The number of esters is 1. The van der Waals surface area contributed by atoms with Crippen molar-refractivity contribution in [2.75, 3.05) is 18.1 Å². The quantitative estimate of drug-likeness (QED) is 0.559. The van der Waals surface area contributed by atoms with Crippen LogP contribution in [0, 0.1) is 31.1 Å². The minimum atomic E-state index is -0.424. The van der Waals surface area contributed by atoms with Crippen molar-refractivity contribution in [3.05, 3.63) is 47.3 Å². The molecular weight excluding hydrogens is 380 g/mol. The highest BCUT2D eigenvalue weighted by Gasteiger charge is 2.18. The number of benzene rings is 1. The van der Waals surface area contributed by atoms with Gasteiger partial charge in [-0.25, -0.2) is 0 Å². The zero-order valence-electron chi connectivity index (χ0n) is 18.2. The molecule has 1 aromatic heterocycles. The number of ether oxygens (including phenoxy) is 1. The minimum Gasteiger partial charge on any atom is -0.456 e. The number of nitriles is 1. The zero-order chi connectivity index (χ0) is 22.1. The van der Waals surface area contributed by atoms with E-state index in [2.05, 4.69) is 18.9 Å². The Bertz CT molecular complexity index is 897. The summed E-state index contributed by atoms with van der Waals surface area (Å²) in [5.74, 6) is -0.283. The van der Waals surface area contributed by atoms with Gasteiger partial charge in [0.1, 0.15) is 0 Å². The minimum absolute atomic E-state index is 0.186. The summed E-state index contributed by atoms with van der Waals surface area (Å²) in [6, 6.07) is 11.1. The van der Waals surface area contributed by atoms with Crippen LogP contribution >= 0.6 is 0 Å². The maximum Gasteiger partial charge on any atom is 0.306 e. The van der Waals surface area contributed by atoms with Crippen molar-refractivity contribution in [2.24, 2.45) is 5.92 Å². The highest BCUT2D eigenvalue weighted by Crippen LogP contribution is 2.17. The molecule has 0 atom stereocenters. The van der Waals surface area contributed by atoms with E-state index in [0.29, 0.717) is 18.0 Å². The average Bonchev–Trinajstić information content (AvgIpc) is 2.98. The Morgan fingerprint density at radius 3 is 2.57 bits per heavy atom. The van der Waals surface area contributed by atoms with Crippen LogP contribution in [0.4, 0.5) is 5.69 Å². The number of rotatable bonds is 10. The van der Waals surface area contributed by atoms with Crippen LogP contribution in [-0.2, 0) is 27.3 Å². The molecule has 1 aromatic carbocycles. The average molecular weight is 411 g/mol. The van der Waals surface area contributed by atoms with Gasteiger partial charge in [-0.1, -0.05) is 32.0 Å². The van der Waals surface area contributed by atoms with Crippen LogP contribution < -0.4 is 4.90 Å². The van der Waals surface area contributed by atoms with Crippen LogP contribution in [0.3, 0.4) is 0 Å².